The first-order valence-corrected chi connectivity index (χ1v) is 7.76. The topological polar surface area (TPSA) is 125 Å². The lowest BCUT2D eigenvalue weighted by atomic mass is 10.3. The number of para-hydroxylation sites is 2. The van der Waals surface area contributed by atoms with Crippen LogP contribution in [0.5, 0.6) is 0 Å². The lowest BCUT2D eigenvalue weighted by molar-refractivity contribution is -0.384. The van der Waals surface area contributed by atoms with Crippen molar-refractivity contribution in [3.8, 4) is 0 Å². The number of ether oxygens (including phenoxy) is 1. The van der Waals surface area contributed by atoms with Gasteiger partial charge in [-0.2, -0.15) is 0 Å². The van der Waals surface area contributed by atoms with Crippen molar-refractivity contribution in [2.45, 2.75) is 0 Å². The van der Waals surface area contributed by atoms with E-state index in [-0.39, 0.29) is 11.6 Å². The summed E-state index contributed by atoms with van der Waals surface area (Å²) < 4.78 is 10.2. The van der Waals surface area contributed by atoms with Crippen LogP contribution in [0.4, 0.5) is 11.4 Å². The Morgan fingerprint density at radius 1 is 1.19 bits per heavy atom. The molecule has 136 valence electrons. The molecule has 0 saturated carbocycles. The van der Waals surface area contributed by atoms with E-state index in [4.69, 9.17) is 9.15 Å². The number of nitro groups is 1. The first kappa shape index (κ1) is 17.8. The number of carbonyl (C=O) groups is 2. The Bertz CT molecular complexity index is 990. The quantitative estimate of drug-likeness (QED) is 0.307. The first-order chi connectivity index (χ1) is 13.0. The van der Waals surface area contributed by atoms with Crippen LogP contribution in [-0.2, 0) is 14.3 Å². The van der Waals surface area contributed by atoms with Crippen molar-refractivity contribution in [3.63, 3.8) is 0 Å². The number of fused-ring (bicyclic) bond motifs is 1. The Kier molecular flexibility index (Phi) is 5.22. The molecule has 3 aromatic rings. The summed E-state index contributed by atoms with van der Waals surface area (Å²) in [4.78, 5) is 37.6. The number of aromatic nitrogens is 1. The van der Waals surface area contributed by atoms with Crippen LogP contribution in [0.3, 0.4) is 0 Å². The highest BCUT2D eigenvalue weighted by Crippen LogP contribution is 2.16. The molecular formula is C18H13N3O6. The van der Waals surface area contributed by atoms with Crippen molar-refractivity contribution < 1.29 is 23.7 Å². The van der Waals surface area contributed by atoms with Gasteiger partial charge < -0.3 is 14.5 Å². The first-order valence-electron chi connectivity index (χ1n) is 7.76. The van der Waals surface area contributed by atoms with E-state index in [1.54, 1.807) is 18.2 Å². The fourth-order valence-electron chi connectivity index (χ4n) is 2.15. The number of carbonyl (C=O) groups excluding carboxylic acids is 2. The maximum atomic E-state index is 11.8. The lowest BCUT2D eigenvalue weighted by Crippen LogP contribution is -2.20. The van der Waals surface area contributed by atoms with Crippen LogP contribution in [0, 0.1) is 10.1 Å². The highest BCUT2D eigenvalue weighted by molar-refractivity contribution is 5.94. The molecule has 27 heavy (non-hydrogen) atoms. The minimum absolute atomic E-state index is 0.0937. The van der Waals surface area contributed by atoms with Gasteiger partial charge in [0.25, 0.3) is 11.6 Å². The molecule has 2 aromatic carbocycles. The Hall–Kier alpha value is -4.01. The Morgan fingerprint density at radius 2 is 1.93 bits per heavy atom. The summed E-state index contributed by atoms with van der Waals surface area (Å²) in [6.07, 6.45) is 2.44. The number of nitrogens with zero attached hydrogens (tertiary/aromatic N) is 2. The van der Waals surface area contributed by atoms with Crippen LogP contribution in [0.2, 0.25) is 0 Å². The van der Waals surface area contributed by atoms with Crippen LogP contribution in [0.15, 0.2) is 59.0 Å². The second-order valence-corrected chi connectivity index (χ2v) is 5.31. The van der Waals surface area contributed by atoms with E-state index in [9.17, 15) is 19.7 Å². The molecule has 0 aliphatic rings. The fourth-order valence-corrected chi connectivity index (χ4v) is 2.15. The number of esters is 1. The molecule has 0 spiro atoms. The van der Waals surface area contributed by atoms with Gasteiger partial charge in [-0.05, 0) is 24.3 Å². The summed E-state index contributed by atoms with van der Waals surface area (Å²) in [7, 11) is 0. The van der Waals surface area contributed by atoms with Gasteiger partial charge in [-0.25, -0.2) is 9.78 Å². The van der Waals surface area contributed by atoms with E-state index in [1.807, 2.05) is 6.07 Å². The van der Waals surface area contributed by atoms with Gasteiger partial charge in [0, 0.05) is 30.0 Å². The van der Waals surface area contributed by atoms with Gasteiger partial charge in [0.1, 0.15) is 5.52 Å². The van der Waals surface area contributed by atoms with E-state index in [1.165, 1.54) is 30.3 Å². The van der Waals surface area contributed by atoms with E-state index in [0.29, 0.717) is 16.8 Å². The minimum Gasteiger partial charge on any atom is -0.452 e. The maximum absolute atomic E-state index is 11.8. The van der Waals surface area contributed by atoms with Crippen LogP contribution >= 0.6 is 0 Å². The smallest absolute Gasteiger partial charge is 0.331 e. The molecule has 0 atom stereocenters. The molecule has 1 aromatic heterocycles. The average Bonchev–Trinajstić information content (AvgIpc) is 3.08. The van der Waals surface area contributed by atoms with E-state index >= 15 is 0 Å². The Balaban J connectivity index is 1.49. The monoisotopic (exact) mass is 367 g/mol. The molecule has 0 aliphatic heterocycles. The zero-order valence-corrected chi connectivity index (χ0v) is 13.8. The van der Waals surface area contributed by atoms with Gasteiger partial charge in [-0.15, -0.1) is 0 Å². The largest absolute Gasteiger partial charge is 0.452 e. The van der Waals surface area contributed by atoms with Crippen molar-refractivity contribution in [2.24, 2.45) is 0 Å². The third-order valence-electron chi connectivity index (χ3n) is 3.38. The summed E-state index contributed by atoms with van der Waals surface area (Å²) in [5.74, 6) is -1.08. The number of benzene rings is 2. The van der Waals surface area contributed by atoms with Crippen molar-refractivity contribution in [2.75, 3.05) is 11.9 Å². The van der Waals surface area contributed by atoms with Crippen LogP contribution < -0.4 is 5.32 Å². The van der Waals surface area contributed by atoms with Gasteiger partial charge in [0.2, 0.25) is 5.89 Å². The number of nitrogens with one attached hydrogen (secondary N) is 1. The summed E-state index contributed by atoms with van der Waals surface area (Å²) in [6.45, 7) is -0.506. The molecule has 0 radical (unpaired) electrons. The van der Waals surface area contributed by atoms with E-state index in [0.717, 1.165) is 6.08 Å². The number of amides is 1. The van der Waals surface area contributed by atoms with Gasteiger partial charge in [-0.3, -0.25) is 14.9 Å². The SMILES string of the molecule is O=C(COC(=O)/C=C/c1nc2ccccc2o1)Nc1ccc([N+](=O)[O-])cc1. The molecule has 0 fully saturated rings. The second kappa shape index (κ2) is 7.91. The summed E-state index contributed by atoms with van der Waals surface area (Å²) >= 11 is 0. The van der Waals surface area contributed by atoms with Crippen LogP contribution in [0.25, 0.3) is 17.2 Å². The second-order valence-electron chi connectivity index (χ2n) is 5.31. The number of oxazole rings is 1. The minimum atomic E-state index is -0.740. The summed E-state index contributed by atoms with van der Waals surface area (Å²) in [6, 6.07) is 12.4. The van der Waals surface area contributed by atoms with Gasteiger partial charge in [0.15, 0.2) is 12.2 Å². The third-order valence-corrected chi connectivity index (χ3v) is 3.38. The van der Waals surface area contributed by atoms with Crippen LogP contribution in [-0.4, -0.2) is 28.4 Å². The molecule has 3 rings (SSSR count). The van der Waals surface area contributed by atoms with E-state index in [2.05, 4.69) is 10.3 Å². The van der Waals surface area contributed by atoms with Crippen LogP contribution in [0.1, 0.15) is 5.89 Å². The molecule has 1 amide bonds. The molecule has 0 aliphatic carbocycles. The zero-order chi connectivity index (χ0) is 19.2. The van der Waals surface area contributed by atoms with Crippen molar-refractivity contribution in [1.82, 2.24) is 4.98 Å². The van der Waals surface area contributed by atoms with E-state index < -0.39 is 23.4 Å². The normalized spacial score (nSPS) is 10.8. The standard InChI is InChI=1S/C18H13N3O6/c22-16(19-12-5-7-13(8-6-12)21(24)25)11-26-18(23)10-9-17-20-14-3-1-2-4-15(14)27-17/h1-10H,11H2,(H,19,22)/b10-9+. The van der Waals surface area contributed by atoms with Crippen molar-refractivity contribution in [3.05, 3.63) is 70.6 Å². The molecule has 1 heterocycles. The molecule has 9 heteroatoms. The molecule has 0 saturated heterocycles. The number of non-ortho nitro benzene ring substituents is 1. The number of rotatable bonds is 6. The maximum Gasteiger partial charge on any atom is 0.331 e. The molecule has 0 unspecified atom stereocenters. The molecule has 0 bridgehead atoms. The summed E-state index contributed by atoms with van der Waals surface area (Å²) in [5, 5.41) is 13.0. The predicted octanol–water partition coefficient (Wildman–Crippen LogP) is 2.93. The number of anilines is 1. The third kappa shape index (κ3) is 4.75. The number of hydrogen-bond donors (Lipinski definition) is 1. The Labute approximate surface area is 152 Å². The summed E-state index contributed by atoms with van der Waals surface area (Å²) in [5.41, 5.74) is 1.51. The zero-order valence-electron chi connectivity index (χ0n) is 13.8. The number of nitro benzene ring substituents is 1. The molecule has 1 N–H and O–H groups in total. The van der Waals surface area contributed by atoms with Gasteiger partial charge in [-0.1, -0.05) is 12.1 Å². The van der Waals surface area contributed by atoms with Gasteiger partial charge in [0.05, 0.1) is 4.92 Å². The Morgan fingerprint density at radius 3 is 2.63 bits per heavy atom. The molecule has 9 nitrogen and oxygen atoms in total. The number of hydrogen-bond acceptors (Lipinski definition) is 7. The molecular weight excluding hydrogens is 354 g/mol. The predicted molar refractivity (Wildman–Crippen MR) is 95.7 cm³/mol. The highest BCUT2D eigenvalue weighted by atomic mass is 16.6. The highest BCUT2D eigenvalue weighted by Gasteiger charge is 2.09. The van der Waals surface area contributed by atoms with Gasteiger partial charge >= 0.3 is 5.97 Å². The van der Waals surface area contributed by atoms with Crippen molar-refractivity contribution >= 4 is 40.4 Å². The average molecular weight is 367 g/mol. The lowest BCUT2D eigenvalue weighted by Gasteiger charge is -2.04. The van der Waals surface area contributed by atoms with Crippen molar-refractivity contribution in [1.29, 1.82) is 0 Å². The fraction of sp³-hybridized carbons (Fsp3) is 0.0556.